The Balaban J connectivity index is 2.40. The van der Waals surface area contributed by atoms with Gasteiger partial charge in [0.2, 0.25) is 0 Å². The van der Waals surface area contributed by atoms with Gasteiger partial charge < -0.3 is 14.8 Å². The minimum atomic E-state index is -0.405. The van der Waals surface area contributed by atoms with Crippen LogP contribution in [0.25, 0.3) is 0 Å². The lowest BCUT2D eigenvalue weighted by molar-refractivity contribution is 0.171. The highest BCUT2D eigenvalue weighted by atomic mass is 16.5. The molecule has 0 aliphatic heterocycles. The van der Waals surface area contributed by atoms with E-state index in [1.165, 1.54) is 7.11 Å². The van der Waals surface area contributed by atoms with Crippen LogP contribution in [0.2, 0.25) is 0 Å². The molecule has 4 heteroatoms. The number of carbonyl (C=O) groups excluding carboxylic acids is 1. The van der Waals surface area contributed by atoms with Crippen molar-refractivity contribution < 1.29 is 14.3 Å². The number of nitrogens with one attached hydrogen (secondary N) is 1. The summed E-state index contributed by atoms with van der Waals surface area (Å²) in [5.74, 6) is 0.825. The van der Waals surface area contributed by atoms with Crippen molar-refractivity contribution in [1.29, 1.82) is 0 Å². The van der Waals surface area contributed by atoms with Gasteiger partial charge in [0.1, 0.15) is 5.75 Å². The fraction of sp³-hybridized carbons (Fsp3) is 0.364. The SMILES string of the molecule is COC(=O)NCCc1cccc(OC)c1. The van der Waals surface area contributed by atoms with Crippen LogP contribution in [0.15, 0.2) is 24.3 Å². The third kappa shape index (κ3) is 3.89. The highest BCUT2D eigenvalue weighted by molar-refractivity contribution is 5.66. The third-order valence-corrected chi connectivity index (χ3v) is 2.00. The molecule has 1 aromatic rings. The molecule has 0 unspecified atom stereocenters. The summed E-state index contributed by atoms with van der Waals surface area (Å²) in [4.78, 5) is 10.8. The van der Waals surface area contributed by atoms with Gasteiger partial charge >= 0.3 is 6.09 Å². The highest BCUT2D eigenvalue weighted by Crippen LogP contribution is 2.12. The minimum Gasteiger partial charge on any atom is -0.497 e. The third-order valence-electron chi connectivity index (χ3n) is 2.00. The van der Waals surface area contributed by atoms with Gasteiger partial charge in [0, 0.05) is 6.54 Å². The summed E-state index contributed by atoms with van der Waals surface area (Å²) in [5.41, 5.74) is 1.12. The number of rotatable bonds is 4. The van der Waals surface area contributed by atoms with E-state index in [9.17, 15) is 4.79 Å². The van der Waals surface area contributed by atoms with Crippen molar-refractivity contribution in [3.05, 3.63) is 29.8 Å². The molecule has 0 aromatic heterocycles. The summed E-state index contributed by atoms with van der Waals surface area (Å²) in [5, 5.41) is 2.62. The van der Waals surface area contributed by atoms with E-state index in [2.05, 4.69) is 10.1 Å². The van der Waals surface area contributed by atoms with Crippen LogP contribution >= 0.6 is 0 Å². The minimum absolute atomic E-state index is 0.405. The molecule has 0 atom stereocenters. The van der Waals surface area contributed by atoms with Gasteiger partial charge in [0.05, 0.1) is 14.2 Å². The molecule has 0 aliphatic rings. The molecule has 0 heterocycles. The van der Waals surface area contributed by atoms with Crippen LogP contribution in [0.5, 0.6) is 5.75 Å². The number of amides is 1. The molecular formula is C11H15NO3. The Bertz CT molecular complexity index is 325. The van der Waals surface area contributed by atoms with Crippen molar-refractivity contribution in [2.45, 2.75) is 6.42 Å². The molecule has 1 amide bonds. The Morgan fingerprint density at radius 2 is 2.20 bits per heavy atom. The molecule has 1 aromatic carbocycles. The summed E-state index contributed by atoms with van der Waals surface area (Å²) in [6, 6.07) is 7.74. The molecule has 82 valence electrons. The first-order valence-corrected chi connectivity index (χ1v) is 4.71. The molecule has 0 saturated heterocycles. The lowest BCUT2D eigenvalue weighted by atomic mass is 10.1. The second-order valence-electron chi connectivity index (χ2n) is 3.02. The van der Waals surface area contributed by atoms with E-state index >= 15 is 0 Å². The number of carbonyl (C=O) groups is 1. The Morgan fingerprint density at radius 1 is 1.40 bits per heavy atom. The van der Waals surface area contributed by atoms with Gasteiger partial charge in [-0.05, 0) is 24.1 Å². The fourth-order valence-corrected chi connectivity index (χ4v) is 1.21. The number of benzene rings is 1. The largest absolute Gasteiger partial charge is 0.497 e. The summed E-state index contributed by atoms with van der Waals surface area (Å²) < 4.78 is 9.55. The number of hydrogen-bond donors (Lipinski definition) is 1. The number of hydrogen-bond acceptors (Lipinski definition) is 3. The first kappa shape index (κ1) is 11.4. The Hall–Kier alpha value is -1.71. The zero-order chi connectivity index (χ0) is 11.1. The summed E-state index contributed by atoms with van der Waals surface area (Å²) in [6.45, 7) is 0.555. The Morgan fingerprint density at radius 3 is 2.87 bits per heavy atom. The summed E-state index contributed by atoms with van der Waals surface area (Å²) in [7, 11) is 2.98. The van der Waals surface area contributed by atoms with E-state index in [1.807, 2.05) is 24.3 Å². The zero-order valence-electron chi connectivity index (χ0n) is 8.95. The van der Waals surface area contributed by atoms with Gasteiger partial charge in [-0.3, -0.25) is 0 Å². The molecule has 1 rings (SSSR count). The fourth-order valence-electron chi connectivity index (χ4n) is 1.21. The van der Waals surface area contributed by atoms with E-state index in [4.69, 9.17) is 4.74 Å². The second-order valence-corrected chi connectivity index (χ2v) is 3.02. The predicted molar refractivity (Wildman–Crippen MR) is 57.1 cm³/mol. The van der Waals surface area contributed by atoms with Crippen molar-refractivity contribution in [2.24, 2.45) is 0 Å². The zero-order valence-corrected chi connectivity index (χ0v) is 8.95. The Kier molecular flexibility index (Phi) is 4.47. The summed E-state index contributed by atoms with van der Waals surface area (Å²) >= 11 is 0. The number of methoxy groups -OCH3 is 2. The lowest BCUT2D eigenvalue weighted by Gasteiger charge is -2.05. The normalized spacial score (nSPS) is 9.47. The average Bonchev–Trinajstić information content (AvgIpc) is 2.29. The van der Waals surface area contributed by atoms with Gasteiger partial charge in [0.25, 0.3) is 0 Å². The van der Waals surface area contributed by atoms with Crippen molar-refractivity contribution in [3.63, 3.8) is 0 Å². The van der Waals surface area contributed by atoms with Gasteiger partial charge in [-0.2, -0.15) is 0 Å². The van der Waals surface area contributed by atoms with E-state index in [0.717, 1.165) is 17.7 Å². The van der Waals surface area contributed by atoms with Crippen LogP contribution in [-0.2, 0) is 11.2 Å². The van der Waals surface area contributed by atoms with Crippen LogP contribution < -0.4 is 10.1 Å². The van der Waals surface area contributed by atoms with Gasteiger partial charge in [-0.25, -0.2) is 4.79 Å². The molecule has 0 saturated carbocycles. The molecule has 0 bridgehead atoms. The average molecular weight is 209 g/mol. The maximum Gasteiger partial charge on any atom is 0.406 e. The van der Waals surface area contributed by atoms with Gasteiger partial charge in [0.15, 0.2) is 0 Å². The maximum atomic E-state index is 10.8. The molecule has 15 heavy (non-hydrogen) atoms. The first-order valence-electron chi connectivity index (χ1n) is 4.71. The Labute approximate surface area is 89.2 Å². The molecule has 0 aliphatic carbocycles. The molecule has 1 N–H and O–H groups in total. The smallest absolute Gasteiger partial charge is 0.406 e. The molecule has 0 spiro atoms. The van der Waals surface area contributed by atoms with E-state index < -0.39 is 6.09 Å². The number of ether oxygens (including phenoxy) is 2. The molecule has 4 nitrogen and oxygen atoms in total. The quantitative estimate of drug-likeness (QED) is 0.819. The van der Waals surface area contributed by atoms with E-state index in [0.29, 0.717) is 6.54 Å². The standard InChI is InChI=1S/C11H15NO3/c1-14-10-5-3-4-9(8-10)6-7-12-11(13)15-2/h3-5,8H,6-7H2,1-2H3,(H,12,13). The topological polar surface area (TPSA) is 47.6 Å². The predicted octanol–water partition coefficient (Wildman–Crippen LogP) is 1.59. The summed E-state index contributed by atoms with van der Waals surface area (Å²) in [6.07, 6.45) is 0.352. The van der Waals surface area contributed by atoms with Crippen molar-refractivity contribution in [2.75, 3.05) is 20.8 Å². The van der Waals surface area contributed by atoms with Crippen molar-refractivity contribution >= 4 is 6.09 Å². The molecule has 0 radical (unpaired) electrons. The first-order chi connectivity index (χ1) is 7.26. The van der Waals surface area contributed by atoms with Crippen molar-refractivity contribution in [1.82, 2.24) is 5.32 Å². The molecular weight excluding hydrogens is 194 g/mol. The second kappa shape index (κ2) is 5.90. The van der Waals surface area contributed by atoms with Gasteiger partial charge in [-0.15, -0.1) is 0 Å². The monoisotopic (exact) mass is 209 g/mol. The van der Waals surface area contributed by atoms with Crippen LogP contribution in [0.3, 0.4) is 0 Å². The van der Waals surface area contributed by atoms with Crippen LogP contribution in [0.4, 0.5) is 4.79 Å². The number of alkyl carbamates (subject to hydrolysis) is 1. The van der Waals surface area contributed by atoms with E-state index in [1.54, 1.807) is 7.11 Å². The molecule has 0 fully saturated rings. The van der Waals surface area contributed by atoms with Crippen LogP contribution in [-0.4, -0.2) is 26.9 Å². The highest BCUT2D eigenvalue weighted by Gasteiger charge is 1.99. The van der Waals surface area contributed by atoms with Gasteiger partial charge in [-0.1, -0.05) is 12.1 Å². The van der Waals surface area contributed by atoms with Crippen LogP contribution in [0, 0.1) is 0 Å². The van der Waals surface area contributed by atoms with E-state index in [-0.39, 0.29) is 0 Å². The van der Waals surface area contributed by atoms with Crippen LogP contribution in [0.1, 0.15) is 5.56 Å². The maximum absolute atomic E-state index is 10.8. The van der Waals surface area contributed by atoms with Crippen molar-refractivity contribution in [3.8, 4) is 5.75 Å². The lowest BCUT2D eigenvalue weighted by Crippen LogP contribution is -2.25.